The first kappa shape index (κ1) is 14.9. The molecule has 2 aromatic rings. The second kappa shape index (κ2) is 7.31. The molecule has 106 valence electrons. The summed E-state index contributed by atoms with van der Waals surface area (Å²) in [4.78, 5) is 0. The van der Waals surface area contributed by atoms with Gasteiger partial charge in [0, 0.05) is 22.6 Å². The van der Waals surface area contributed by atoms with Crippen LogP contribution < -0.4 is 14.8 Å². The second-order valence-electron chi connectivity index (χ2n) is 4.29. The summed E-state index contributed by atoms with van der Waals surface area (Å²) in [5, 5.41) is 3.14. The van der Waals surface area contributed by atoms with Gasteiger partial charge in [-0.15, -0.1) is 0 Å². The van der Waals surface area contributed by atoms with Gasteiger partial charge in [0.2, 0.25) is 0 Å². The van der Waals surface area contributed by atoms with Crippen molar-refractivity contribution in [1.29, 1.82) is 0 Å². The summed E-state index contributed by atoms with van der Waals surface area (Å²) in [6, 6.07) is 13.7. The van der Waals surface area contributed by atoms with Crippen molar-refractivity contribution < 1.29 is 9.47 Å². The topological polar surface area (TPSA) is 30.5 Å². The molecule has 0 atom stereocenters. The predicted molar refractivity (Wildman–Crippen MR) is 84.6 cm³/mol. The van der Waals surface area contributed by atoms with Gasteiger partial charge >= 0.3 is 0 Å². The first-order valence-electron chi connectivity index (χ1n) is 6.56. The fourth-order valence-corrected chi connectivity index (χ4v) is 2.31. The van der Waals surface area contributed by atoms with Gasteiger partial charge in [-0.1, -0.05) is 22.0 Å². The molecule has 0 saturated carbocycles. The minimum Gasteiger partial charge on any atom is -0.494 e. The van der Waals surface area contributed by atoms with Crippen molar-refractivity contribution in [2.24, 2.45) is 0 Å². The molecule has 0 unspecified atom stereocenters. The summed E-state index contributed by atoms with van der Waals surface area (Å²) in [6.07, 6.45) is 0. The first-order valence-corrected chi connectivity index (χ1v) is 7.36. The lowest BCUT2D eigenvalue weighted by Gasteiger charge is -2.12. The Hall–Kier alpha value is -1.52. The fourth-order valence-electron chi connectivity index (χ4n) is 1.90. The van der Waals surface area contributed by atoms with Crippen molar-refractivity contribution in [3.63, 3.8) is 0 Å². The van der Waals surface area contributed by atoms with E-state index in [9.17, 15) is 0 Å². The highest BCUT2D eigenvalue weighted by Crippen LogP contribution is 2.29. The van der Waals surface area contributed by atoms with E-state index in [0.29, 0.717) is 6.61 Å². The highest BCUT2D eigenvalue weighted by atomic mass is 79.9. The molecule has 20 heavy (non-hydrogen) atoms. The maximum absolute atomic E-state index is 5.96. The number of ether oxygens (including phenoxy) is 2. The van der Waals surface area contributed by atoms with Crippen molar-refractivity contribution >= 4 is 15.9 Å². The van der Waals surface area contributed by atoms with E-state index in [4.69, 9.17) is 9.47 Å². The fraction of sp³-hybridized carbons (Fsp3) is 0.250. The molecule has 0 saturated heterocycles. The van der Waals surface area contributed by atoms with Gasteiger partial charge in [0.05, 0.1) is 6.61 Å². The smallest absolute Gasteiger partial charge is 0.131 e. The zero-order valence-corrected chi connectivity index (χ0v) is 13.2. The molecule has 4 heteroatoms. The molecule has 0 radical (unpaired) electrons. The summed E-state index contributed by atoms with van der Waals surface area (Å²) in [5.74, 6) is 2.43. The standard InChI is InChI=1S/C16H18BrNO2/c1-3-19-14-5-4-6-15(10-14)20-16-8-7-13(17)9-12(16)11-18-2/h4-10,18H,3,11H2,1-2H3. The summed E-state index contributed by atoms with van der Waals surface area (Å²) < 4.78 is 12.5. The van der Waals surface area contributed by atoms with Crippen molar-refractivity contribution in [2.45, 2.75) is 13.5 Å². The molecular formula is C16H18BrNO2. The van der Waals surface area contributed by atoms with E-state index < -0.39 is 0 Å². The van der Waals surface area contributed by atoms with Crippen molar-refractivity contribution in [3.05, 3.63) is 52.5 Å². The maximum Gasteiger partial charge on any atom is 0.131 e. The van der Waals surface area contributed by atoms with Gasteiger partial charge < -0.3 is 14.8 Å². The third kappa shape index (κ3) is 3.99. The van der Waals surface area contributed by atoms with Gasteiger partial charge in [-0.25, -0.2) is 0 Å². The summed E-state index contributed by atoms with van der Waals surface area (Å²) in [6.45, 7) is 3.36. The minimum absolute atomic E-state index is 0.646. The van der Waals surface area contributed by atoms with Crippen LogP contribution in [0.1, 0.15) is 12.5 Å². The SMILES string of the molecule is CCOc1cccc(Oc2ccc(Br)cc2CNC)c1. The molecule has 0 aromatic heterocycles. The predicted octanol–water partition coefficient (Wildman–Crippen LogP) is 4.36. The first-order chi connectivity index (χ1) is 9.72. The zero-order chi connectivity index (χ0) is 14.4. The van der Waals surface area contributed by atoms with Gasteiger partial charge in [0.25, 0.3) is 0 Å². The molecule has 0 bridgehead atoms. The lowest BCUT2D eigenvalue weighted by Crippen LogP contribution is -2.06. The van der Waals surface area contributed by atoms with Crippen LogP contribution in [-0.4, -0.2) is 13.7 Å². The van der Waals surface area contributed by atoms with Crippen LogP contribution in [0.15, 0.2) is 46.9 Å². The Morgan fingerprint density at radius 1 is 1.10 bits per heavy atom. The van der Waals surface area contributed by atoms with Crippen LogP contribution >= 0.6 is 15.9 Å². The molecule has 2 rings (SSSR count). The van der Waals surface area contributed by atoms with Crippen LogP contribution in [0.2, 0.25) is 0 Å². The number of hydrogen-bond donors (Lipinski definition) is 1. The molecule has 0 aliphatic heterocycles. The quantitative estimate of drug-likeness (QED) is 0.850. The Kier molecular flexibility index (Phi) is 5.44. The van der Waals surface area contributed by atoms with Gasteiger partial charge in [0.1, 0.15) is 17.2 Å². The van der Waals surface area contributed by atoms with E-state index in [1.54, 1.807) is 0 Å². The van der Waals surface area contributed by atoms with E-state index in [2.05, 4.69) is 27.3 Å². The van der Waals surface area contributed by atoms with Crippen molar-refractivity contribution in [3.8, 4) is 17.2 Å². The van der Waals surface area contributed by atoms with Crippen molar-refractivity contribution in [1.82, 2.24) is 5.32 Å². The summed E-state index contributed by atoms with van der Waals surface area (Å²) in [5.41, 5.74) is 1.10. The number of hydrogen-bond acceptors (Lipinski definition) is 3. The maximum atomic E-state index is 5.96. The van der Waals surface area contributed by atoms with E-state index in [0.717, 1.165) is 33.8 Å². The second-order valence-corrected chi connectivity index (χ2v) is 5.21. The average Bonchev–Trinajstić information content (AvgIpc) is 2.43. The minimum atomic E-state index is 0.646. The number of benzene rings is 2. The van der Waals surface area contributed by atoms with Crippen LogP contribution in [0.3, 0.4) is 0 Å². The summed E-state index contributed by atoms with van der Waals surface area (Å²) in [7, 11) is 1.92. The molecule has 0 heterocycles. The molecule has 3 nitrogen and oxygen atoms in total. The van der Waals surface area contributed by atoms with Crippen molar-refractivity contribution in [2.75, 3.05) is 13.7 Å². The van der Waals surface area contributed by atoms with Crippen LogP contribution in [0.25, 0.3) is 0 Å². The molecule has 0 amide bonds. The van der Waals surface area contributed by atoms with Crippen LogP contribution in [-0.2, 0) is 6.54 Å². The molecule has 2 aromatic carbocycles. The Labute approximate surface area is 128 Å². The Balaban J connectivity index is 2.22. The molecule has 0 aliphatic rings. The van der Waals surface area contributed by atoms with Gasteiger partial charge in [-0.3, -0.25) is 0 Å². The number of rotatable bonds is 6. The average molecular weight is 336 g/mol. The third-order valence-electron chi connectivity index (χ3n) is 2.73. The van der Waals surface area contributed by atoms with Crippen LogP contribution in [0.4, 0.5) is 0 Å². The largest absolute Gasteiger partial charge is 0.494 e. The van der Waals surface area contributed by atoms with Gasteiger partial charge in [-0.2, -0.15) is 0 Å². The lowest BCUT2D eigenvalue weighted by molar-refractivity contribution is 0.338. The molecule has 0 fully saturated rings. The summed E-state index contributed by atoms with van der Waals surface area (Å²) >= 11 is 3.48. The molecule has 0 aliphatic carbocycles. The van der Waals surface area contributed by atoms with E-state index in [1.807, 2.05) is 50.4 Å². The lowest BCUT2D eigenvalue weighted by atomic mass is 10.2. The molecular weight excluding hydrogens is 318 g/mol. The van der Waals surface area contributed by atoms with E-state index in [-0.39, 0.29) is 0 Å². The Bertz CT molecular complexity index is 572. The van der Waals surface area contributed by atoms with Crippen LogP contribution in [0, 0.1) is 0 Å². The normalized spacial score (nSPS) is 10.3. The number of nitrogens with one attached hydrogen (secondary N) is 1. The van der Waals surface area contributed by atoms with E-state index in [1.165, 1.54) is 0 Å². The molecule has 1 N–H and O–H groups in total. The van der Waals surface area contributed by atoms with Gasteiger partial charge in [0.15, 0.2) is 0 Å². The van der Waals surface area contributed by atoms with E-state index >= 15 is 0 Å². The van der Waals surface area contributed by atoms with Gasteiger partial charge in [-0.05, 0) is 44.3 Å². The zero-order valence-electron chi connectivity index (χ0n) is 11.7. The number of halogens is 1. The van der Waals surface area contributed by atoms with Crippen LogP contribution in [0.5, 0.6) is 17.2 Å². The highest BCUT2D eigenvalue weighted by Gasteiger charge is 2.06. The monoisotopic (exact) mass is 335 g/mol. The Morgan fingerprint density at radius 2 is 1.90 bits per heavy atom. The Morgan fingerprint density at radius 3 is 2.65 bits per heavy atom. The molecule has 0 spiro atoms. The highest BCUT2D eigenvalue weighted by molar-refractivity contribution is 9.10. The third-order valence-corrected chi connectivity index (χ3v) is 3.23.